The van der Waals surface area contributed by atoms with Crippen LogP contribution in [0.4, 0.5) is 0 Å². The molecular weight excluding hydrogens is 145 g/mol. The molecule has 0 aromatic carbocycles. The minimum absolute atomic E-state index is 0.342. The summed E-state index contributed by atoms with van der Waals surface area (Å²) in [6.07, 6.45) is 0. The second kappa shape index (κ2) is 6.97. The molecule has 0 aliphatic heterocycles. The van der Waals surface area contributed by atoms with Gasteiger partial charge in [0.15, 0.2) is 0 Å². The van der Waals surface area contributed by atoms with Crippen LogP contribution in [0.3, 0.4) is 0 Å². The Kier molecular flexibility index (Phi) is 7.27. The molecule has 0 spiro atoms. The van der Waals surface area contributed by atoms with Crippen molar-refractivity contribution >= 4 is 17.7 Å². The van der Waals surface area contributed by atoms with E-state index >= 15 is 0 Å². The van der Waals surface area contributed by atoms with E-state index in [1.807, 2.05) is 6.92 Å². The quantitative estimate of drug-likeness (QED) is 0.549. The third kappa shape index (κ3) is 3.96. The molecule has 0 aromatic rings. The van der Waals surface area contributed by atoms with E-state index < -0.39 is 0 Å². The van der Waals surface area contributed by atoms with Gasteiger partial charge in [0, 0.05) is 0 Å². The van der Waals surface area contributed by atoms with E-state index in [4.69, 9.17) is 4.74 Å². The first-order valence-corrected chi connectivity index (χ1v) is 5.02. The molecular formula is C9H20LiNO. The van der Waals surface area contributed by atoms with E-state index in [1.165, 1.54) is 0 Å². The van der Waals surface area contributed by atoms with Crippen LogP contribution in [0.2, 0.25) is 0 Å². The maximum atomic E-state index is 5.55. The van der Waals surface area contributed by atoms with Gasteiger partial charge in [-0.15, -0.1) is 0 Å². The Morgan fingerprint density at radius 3 is 2.08 bits per heavy atom. The van der Waals surface area contributed by atoms with E-state index in [-0.39, 0.29) is 0 Å². The molecule has 0 bridgehead atoms. The summed E-state index contributed by atoms with van der Waals surface area (Å²) in [5, 5.41) is 0. The van der Waals surface area contributed by atoms with Gasteiger partial charge in [-0.05, 0) is 0 Å². The third-order valence-corrected chi connectivity index (χ3v) is 2.50. The van der Waals surface area contributed by atoms with Gasteiger partial charge >= 0.3 is 85.6 Å². The molecule has 2 atom stereocenters. The SMILES string of the molecule is [Li][CH](OCC)C(C)N(CC)CC. The van der Waals surface area contributed by atoms with Gasteiger partial charge in [-0.1, -0.05) is 0 Å². The number of hydrogen-bond acceptors (Lipinski definition) is 2. The van der Waals surface area contributed by atoms with Gasteiger partial charge in [-0.25, -0.2) is 0 Å². The fraction of sp³-hybridized carbons (Fsp3) is 1.00. The number of rotatable bonds is 6. The first kappa shape index (κ1) is 12.5. The summed E-state index contributed by atoms with van der Waals surface area (Å²) in [5.41, 5.74) is 0. The monoisotopic (exact) mass is 165 g/mol. The van der Waals surface area contributed by atoms with Gasteiger partial charge in [-0.3, -0.25) is 0 Å². The Balaban J connectivity index is 3.87. The van der Waals surface area contributed by atoms with Crippen molar-refractivity contribution < 1.29 is 4.74 Å². The van der Waals surface area contributed by atoms with Gasteiger partial charge in [-0.2, -0.15) is 0 Å². The van der Waals surface area contributed by atoms with Gasteiger partial charge in [0.1, 0.15) is 0 Å². The topological polar surface area (TPSA) is 12.5 Å². The molecule has 0 rings (SSSR count). The van der Waals surface area contributed by atoms with Crippen LogP contribution in [0, 0.1) is 0 Å². The summed E-state index contributed by atoms with van der Waals surface area (Å²) in [6.45, 7) is 11.7. The molecule has 0 saturated heterocycles. The average molecular weight is 165 g/mol. The van der Waals surface area contributed by atoms with Gasteiger partial charge in [0.25, 0.3) is 0 Å². The molecule has 0 heterocycles. The predicted octanol–water partition coefficient (Wildman–Crippen LogP) is 1.25. The van der Waals surface area contributed by atoms with Crippen molar-refractivity contribution in [2.45, 2.75) is 38.5 Å². The Hall–Kier alpha value is 0.517. The second-order valence-electron chi connectivity index (χ2n) is 3.12. The molecule has 2 nitrogen and oxygen atoms in total. The van der Waals surface area contributed by atoms with E-state index in [2.05, 4.69) is 43.4 Å². The van der Waals surface area contributed by atoms with Crippen LogP contribution >= 0.6 is 0 Å². The molecule has 0 radical (unpaired) electrons. The van der Waals surface area contributed by atoms with Crippen molar-refractivity contribution in [3.8, 4) is 0 Å². The number of likely N-dealkylation sites (N-methyl/N-ethyl adjacent to an activating group) is 1. The number of ether oxygens (including phenoxy) is 1. The van der Waals surface area contributed by atoms with Crippen molar-refractivity contribution in [2.24, 2.45) is 0 Å². The first-order chi connectivity index (χ1) is 5.67. The van der Waals surface area contributed by atoms with Crippen LogP contribution in [0.1, 0.15) is 27.7 Å². The second-order valence-corrected chi connectivity index (χ2v) is 3.12. The molecule has 68 valence electrons. The Morgan fingerprint density at radius 2 is 1.75 bits per heavy atom. The van der Waals surface area contributed by atoms with Crippen molar-refractivity contribution in [1.29, 1.82) is 0 Å². The summed E-state index contributed by atoms with van der Waals surface area (Å²) >= 11 is 2.15. The molecule has 3 heteroatoms. The Labute approximate surface area is 85.9 Å². The molecule has 0 saturated carbocycles. The Morgan fingerprint density at radius 1 is 1.25 bits per heavy atom. The molecule has 0 aromatic heterocycles. The van der Waals surface area contributed by atoms with Gasteiger partial charge < -0.3 is 0 Å². The molecule has 0 aliphatic rings. The minimum atomic E-state index is 0.342. The van der Waals surface area contributed by atoms with Crippen molar-refractivity contribution in [3.05, 3.63) is 0 Å². The normalized spacial score (nSPS) is 16.6. The zero-order valence-electron chi connectivity index (χ0n) is 9.13. The van der Waals surface area contributed by atoms with Crippen LogP contribution < -0.4 is 0 Å². The van der Waals surface area contributed by atoms with Gasteiger partial charge in [0.2, 0.25) is 0 Å². The van der Waals surface area contributed by atoms with Crippen LogP contribution in [0.15, 0.2) is 0 Å². The summed E-state index contributed by atoms with van der Waals surface area (Å²) < 4.78 is 5.89. The predicted molar refractivity (Wildman–Crippen MR) is 53.6 cm³/mol. The van der Waals surface area contributed by atoms with E-state index in [1.54, 1.807) is 0 Å². The van der Waals surface area contributed by atoms with Crippen molar-refractivity contribution in [3.63, 3.8) is 0 Å². The molecule has 2 unspecified atom stereocenters. The maximum absolute atomic E-state index is 5.55. The number of nitrogens with zero attached hydrogens (tertiary/aromatic N) is 1. The summed E-state index contributed by atoms with van der Waals surface area (Å²) in [6, 6.07) is 0.528. The molecule has 12 heavy (non-hydrogen) atoms. The van der Waals surface area contributed by atoms with Crippen molar-refractivity contribution in [1.82, 2.24) is 4.90 Å². The van der Waals surface area contributed by atoms with Gasteiger partial charge in [0.05, 0.1) is 0 Å². The van der Waals surface area contributed by atoms with E-state index in [9.17, 15) is 0 Å². The zero-order valence-corrected chi connectivity index (χ0v) is 9.13. The third-order valence-electron chi connectivity index (χ3n) is 2.50. The standard InChI is InChI=1S/C9H20NO.Li/c1-5-10(6-2)9(4)8-11-7-3;/h8-9H,5-7H2,1-4H3;. The molecule has 0 fully saturated rings. The van der Waals surface area contributed by atoms with Crippen LogP contribution in [-0.4, -0.2) is 53.1 Å². The molecule has 0 amide bonds. The Bertz CT molecular complexity index is 107. The van der Waals surface area contributed by atoms with E-state index in [0.29, 0.717) is 10.8 Å². The van der Waals surface area contributed by atoms with Crippen LogP contribution in [-0.2, 0) is 4.74 Å². The fourth-order valence-corrected chi connectivity index (χ4v) is 1.50. The van der Waals surface area contributed by atoms with Crippen molar-refractivity contribution in [2.75, 3.05) is 19.7 Å². The number of hydrogen-bond donors (Lipinski definition) is 0. The summed E-state index contributed by atoms with van der Waals surface area (Å²) in [4.78, 5) is 2.42. The van der Waals surface area contributed by atoms with Crippen LogP contribution in [0.5, 0.6) is 0 Å². The average Bonchev–Trinajstić information content (AvgIpc) is 2.07. The summed E-state index contributed by atoms with van der Waals surface area (Å²) in [7, 11) is 0. The van der Waals surface area contributed by atoms with Crippen LogP contribution in [0.25, 0.3) is 0 Å². The van der Waals surface area contributed by atoms with E-state index in [0.717, 1.165) is 19.7 Å². The first-order valence-electron chi connectivity index (χ1n) is 5.02. The zero-order chi connectivity index (χ0) is 9.56. The fourth-order valence-electron chi connectivity index (χ4n) is 1.50. The summed E-state index contributed by atoms with van der Waals surface area (Å²) in [5.74, 6) is 0. The molecule has 0 N–H and O–H groups in total. The molecule has 0 aliphatic carbocycles.